The van der Waals surface area contributed by atoms with Gasteiger partial charge < -0.3 is 0 Å². The Bertz CT molecular complexity index is 440. The van der Waals surface area contributed by atoms with Crippen LogP contribution in [0.25, 0.3) is 5.65 Å². The average Bonchev–Trinajstić information content (AvgIpc) is 2.31. The van der Waals surface area contributed by atoms with Gasteiger partial charge >= 0.3 is 5.69 Å². The largest absolute Gasteiger partial charge is 0.362 e. The molecule has 2 aromatic heterocycles. The maximum atomic E-state index is 10.8. The molecule has 56 valence electrons. The Labute approximate surface area is 62.5 Å². The van der Waals surface area contributed by atoms with Crippen molar-refractivity contribution in [2.24, 2.45) is 0 Å². The highest BCUT2D eigenvalue weighted by Crippen LogP contribution is 2.01. The molecular weight excluding hydrogens is 142 g/mol. The summed E-state index contributed by atoms with van der Waals surface area (Å²) >= 11 is 0. The van der Waals surface area contributed by atoms with E-state index in [1.807, 2.05) is 19.1 Å². The Hall–Kier alpha value is -1.58. The van der Waals surface area contributed by atoms with E-state index in [0.29, 0.717) is 5.65 Å². The van der Waals surface area contributed by atoms with Crippen molar-refractivity contribution in [1.29, 1.82) is 0 Å². The molecule has 2 heterocycles. The van der Waals surface area contributed by atoms with Gasteiger partial charge in [0.2, 0.25) is 0 Å². The molecule has 0 saturated heterocycles. The maximum Gasteiger partial charge on any atom is 0.362 e. The third kappa shape index (κ3) is 0.832. The molecule has 0 aromatic carbocycles. The fourth-order valence-electron chi connectivity index (χ4n) is 1.07. The molecule has 0 aliphatic carbocycles. The molecule has 0 fully saturated rings. The lowest BCUT2D eigenvalue weighted by Crippen LogP contribution is -2.01. The minimum Gasteiger partial charge on any atom is -0.244 e. The van der Waals surface area contributed by atoms with E-state index in [1.54, 1.807) is 10.7 Å². The SMILES string of the molecule is Cc1cccn2[nH]c(=O)nc12. The smallest absolute Gasteiger partial charge is 0.244 e. The number of aryl methyl sites for hydroxylation is 1. The lowest BCUT2D eigenvalue weighted by atomic mass is 10.3. The molecule has 1 N–H and O–H groups in total. The fourth-order valence-corrected chi connectivity index (χ4v) is 1.07. The first-order valence-corrected chi connectivity index (χ1v) is 3.31. The van der Waals surface area contributed by atoms with Gasteiger partial charge in [-0.05, 0) is 18.6 Å². The lowest BCUT2D eigenvalue weighted by molar-refractivity contribution is 0.931. The Morgan fingerprint density at radius 1 is 1.64 bits per heavy atom. The number of aromatic nitrogens is 3. The van der Waals surface area contributed by atoms with E-state index < -0.39 is 0 Å². The van der Waals surface area contributed by atoms with Gasteiger partial charge in [-0.1, -0.05) is 6.07 Å². The number of rotatable bonds is 0. The standard InChI is InChI=1S/C7H7N3O/c1-5-3-2-4-10-6(5)8-7(11)9-10/h2-4H,1H3,(H,9,11). The van der Waals surface area contributed by atoms with Gasteiger partial charge in [0.25, 0.3) is 0 Å². The van der Waals surface area contributed by atoms with E-state index >= 15 is 0 Å². The molecule has 0 saturated carbocycles. The average molecular weight is 149 g/mol. The summed E-state index contributed by atoms with van der Waals surface area (Å²) in [6.07, 6.45) is 1.76. The highest BCUT2D eigenvalue weighted by Gasteiger charge is 1.98. The molecule has 0 aliphatic heterocycles. The van der Waals surface area contributed by atoms with E-state index in [4.69, 9.17) is 0 Å². The summed E-state index contributed by atoms with van der Waals surface area (Å²) in [6.45, 7) is 1.91. The van der Waals surface area contributed by atoms with Crippen LogP contribution in [0.1, 0.15) is 5.56 Å². The monoisotopic (exact) mass is 149 g/mol. The summed E-state index contributed by atoms with van der Waals surface area (Å²) in [5.41, 5.74) is 1.38. The maximum absolute atomic E-state index is 10.8. The zero-order chi connectivity index (χ0) is 7.84. The van der Waals surface area contributed by atoms with Gasteiger partial charge in [0.05, 0.1) is 0 Å². The minimum absolute atomic E-state index is 0.306. The molecule has 2 aromatic rings. The molecule has 0 atom stereocenters. The van der Waals surface area contributed by atoms with E-state index in [2.05, 4.69) is 10.1 Å². The van der Waals surface area contributed by atoms with Gasteiger partial charge in [0.15, 0.2) is 5.65 Å². The highest BCUT2D eigenvalue weighted by molar-refractivity contribution is 5.44. The molecular formula is C7H7N3O. The van der Waals surface area contributed by atoms with E-state index in [0.717, 1.165) is 5.56 Å². The number of aromatic amines is 1. The number of pyridine rings is 1. The van der Waals surface area contributed by atoms with Crippen LogP contribution in [-0.4, -0.2) is 14.6 Å². The predicted octanol–water partition coefficient (Wildman–Crippen LogP) is 0.331. The molecule has 0 amide bonds. The molecule has 4 heteroatoms. The van der Waals surface area contributed by atoms with Crippen molar-refractivity contribution in [1.82, 2.24) is 14.6 Å². The molecule has 0 bridgehead atoms. The highest BCUT2D eigenvalue weighted by atomic mass is 16.1. The van der Waals surface area contributed by atoms with Gasteiger partial charge in [0.1, 0.15) is 0 Å². The first kappa shape index (κ1) is 6.15. The van der Waals surface area contributed by atoms with Crippen molar-refractivity contribution in [2.45, 2.75) is 6.92 Å². The summed E-state index contributed by atoms with van der Waals surface area (Å²) in [5, 5.41) is 2.55. The van der Waals surface area contributed by atoms with Crippen LogP contribution in [0.15, 0.2) is 23.1 Å². The van der Waals surface area contributed by atoms with Crippen LogP contribution in [-0.2, 0) is 0 Å². The van der Waals surface area contributed by atoms with Crippen LogP contribution in [0, 0.1) is 6.92 Å². The summed E-state index contributed by atoms with van der Waals surface area (Å²) in [6, 6.07) is 3.77. The second kappa shape index (κ2) is 1.95. The minimum atomic E-state index is -0.306. The van der Waals surface area contributed by atoms with Crippen LogP contribution in [0.5, 0.6) is 0 Å². The number of nitrogens with one attached hydrogen (secondary N) is 1. The quantitative estimate of drug-likeness (QED) is 0.586. The lowest BCUT2D eigenvalue weighted by Gasteiger charge is -1.92. The van der Waals surface area contributed by atoms with Crippen LogP contribution in [0.2, 0.25) is 0 Å². The summed E-state index contributed by atoms with van der Waals surface area (Å²) in [7, 11) is 0. The van der Waals surface area contributed by atoms with E-state index in [1.165, 1.54) is 0 Å². The van der Waals surface area contributed by atoms with Crippen LogP contribution < -0.4 is 5.69 Å². The summed E-state index contributed by atoms with van der Waals surface area (Å²) in [5.74, 6) is 0. The predicted molar refractivity (Wildman–Crippen MR) is 40.5 cm³/mol. The van der Waals surface area contributed by atoms with Crippen molar-refractivity contribution < 1.29 is 0 Å². The first-order chi connectivity index (χ1) is 5.27. The van der Waals surface area contributed by atoms with Crippen molar-refractivity contribution in [3.05, 3.63) is 34.4 Å². The zero-order valence-corrected chi connectivity index (χ0v) is 6.03. The van der Waals surface area contributed by atoms with Gasteiger partial charge in [-0.2, -0.15) is 4.98 Å². The number of hydrogen-bond acceptors (Lipinski definition) is 2. The number of nitrogens with zero attached hydrogens (tertiary/aromatic N) is 2. The Balaban J connectivity index is 3.01. The molecule has 0 aliphatic rings. The van der Waals surface area contributed by atoms with Gasteiger partial charge in [0, 0.05) is 6.20 Å². The van der Waals surface area contributed by atoms with E-state index in [9.17, 15) is 4.79 Å². The van der Waals surface area contributed by atoms with Gasteiger partial charge in [-0.15, -0.1) is 0 Å². The number of hydrogen-bond donors (Lipinski definition) is 1. The molecule has 0 unspecified atom stereocenters. The van der Waals surface area contributed by atoms with Crippen molar-refractivity contribution in [3.63, 3.8) is 0 Å². The van der Waals surface area contributed by atoms with Gasteiger partial charge in [-0.3, -0.25) is 0 Å². The zero-order valence-electron chi connectivity index (χ0n) is 6.03. The van der Waals surface area contributed by atoms with Crippen molar-refractivity contribution in [2.75, 3.05) is 0 Å². The van der Waals surface area contributed by atoms with Crippen LogP contribution >= 0.6 is 0 Å². The van der Waals surface area contributed by atoms with Crippen LogP contribution in [0.3, 0.4) is 0 Å². The Morgan fingerprint density at radius 3 is 3.18 bits per heavy atom. The second-order valence-electron chi connectivity index (χ2n) is 2.41. The van der Waals surface area contributed by atoms with Crippen molar-refractivity contribution >= 4 is 5.65 Å². The molecule has 2 rings (SSSR count). The second-order valence-corrected chi connectivity index (χ2v) is 2.41. The Morgan fingerprint density at radius 2 is 2.45 bits per heavy atom. The van der Waals surface area contributed by atoms with Gasteiger partial charge in [-0.25, -0.2) is 14.4 Å². The summed E-state index contributed by atoms with van der Waals surface area (Å²) in [4.78, 5) is 14.5. The number of H-pyrrole nitrogens is 1. The molecule has 0 spiro atoms. The first-order valence-electron chi connectivity index (χ1n) is 3.31. The summed E-state index contributed by atoms with van der Waals surface area (Å²) < 4.78 is 1.61. The Kier molecular flexibility index (Phi) is 1.09. The fraction of sp³-hybridized carbons (Fsp3) is 0.143. The topological polar surface area (TPSA) is 50.2 Å². The normalized spacial score (nSPS) is 10.6. The third-order valence-electron chi connectivity index (χ3n) is 1.59. The van der Waals surface area contributed by atoms with Crippen LogP contribution in [0.4, 0.5) is 0 Å². The molecule has 11 heavy (non-hydrogen) atoms. The molecule has 4 nitrogen and oxygen atoms in total. The third-order valence-corrected chi connectivity index (χ3v) is 1.59. The number of fused-ring (bicyclic) bond motifs is 1. The van der Waals surface area contributed by atoms with Crippen molar-refractivity contribution in [3.8, 4) is 0 Å². The van der Waals surface area contributed by atoms with E-state index in [-0.39, 0.29) is 5.69 Å². The molecule has 0 radical (unpaired) electrons.